The van der Waals surface area contributed by atoms with E-state index in [1.165, 1.54) is 12.1 Å². The molecule has 1 saturated heterocycles. The summed E-state index contributed by atoms with van der Waals surface area (Å²) in [5.41, 5.74) is 3.39. The molecule has 0 atom stereocenters. The molecule has 0 N–H and O–H groups in total. The number of rotatable bonds is 20. The molecule has 0 aromatic heterocycles. The number of likely N-dealkylation sites (tertiary alicyclic amines) is 1. The van der Waals surface area contributed by atoms with Crippen molar-refractivity contribution in [3.05, 3.63) is 83.2 Å². The van der Waals surface area contributed by atoms with Crippen molar-refractivity contribution >= 4 is 17.8 Å². The lowest BCUT2D eigenvalue weighted by atomic mass is 9.96. The summed E-state index contributed by atoms with van der Waals surface area (Å²) in [7, 11) is 0. The molecule has 0 unspecified atom stereocenters. The number of ether oxygens (including phenoxy) is 4. The molecule has 8 nitrogen and oxygen atoms in total. The quantitative estimate of drug-likeness (QED) is 0.0859. The average Bonchev–Trinajstić information content (AvgIpc) is 3.48. The number of amides is 1. The van der Waals surface area contributed by atoms with E-state index in [4.69, 9.17) is 18.9 Å². The van der Waals surface area contributed by atoms with Crippen molar-refractivity contribution in [3.63, 3.8) is 0 Å². The summed E-state index contributed by atoms with van der Waals surface area (Å²) in [6.45, 7) is 4.27. The van der Waals surface area contributed by atoms with Crippen LogP contribution < -0.4 is 9.47 Å². The first-order chi connectivity index (χ1) is 24.6. The number of carbonyl (C=O) groups excluding carboxylic acids is 3. The number of nitrogens with zero attached hydrogens (tertiary/aromatic N) is 1. The molecule has 4 rings (SSSR count). The minimum Gasteiger partial charge on any atom is -0.494 e. The van der Waals surface area contributed by atoms with Gasteiger partial charge in [0.15, 0.2) is 0 Å². The number of benzene rings is 3. The van der Waals surface area contributed by atoms with Gasteiger partial charge in [-0.1, -0.05) is 37.1 Å². The molecule has 3 aromatic carbocycles. The number of carbonyl (C=O) groups is 3. The summed E-state index contributed by atoms with van der Waals surface area (Å²) in [6, 6.07) is 16.7. The van der Waals surface area contributed by atoms with Crippen LogP contribution in [0.5, 0.6) is 11.5 Å². The van der Waals surface area contributed by atoms with Crippen LogP contribution in [0.3, 0.4) is 0 Å². The summed E-state index contributed by atoms with van der Waals surface area (Å²) in [4.78, 5) is 38.2. The van der Waals surface area contributed by atoms with Crippen molar-refractivity contribution in [2.24, 2.45) is 0 Å². The topological polar surface area (TPSA) is 91.4 Å². The molecule has 0 aliphatic carbocycles. The third kappa shape index (κ3) is 12.6. The summed E-state index contributed by atoms with van der Waals surface area (Å²) >= 11 is 0. The van der Waals surface area contributed by atoms with Gasteiger partial charge in [-0.05, 0) is 105 Å². The molecule has 3 aromatic rings. The minimum atomic E-state index is -2.91. The largest absolute Gasteiger partial charge is 0.494 e. The molecule has 0 radical (unpaired) electrons. The van der Waals surface area contributed by atoms with E-state index in [1.54, 1.807) is 44.2 Å². The van der Waals surface area contributed by atoms with E-state index in [1.807, 2.05) is 18.2 Å². The van der Waals surface area contributed by atoms with E-state index in [2.05, 4.69) is 0 Å². The lowest BCUT2D eigenvalue weighted by Gasteiger charge is -2.18. The first kappa shape index (κ1) is 39.2. The van der Waals surface area contributed by atoms with E-state index in [-0.39, 0.29) is 43.3 Å². The van der Waals surface area contributed by atoms with Gasteiger partial charge in [-0.3, -0.25) is 14.4 Å². The van der Waals surface area contributed by atoms with Crippen LogP contribution in [-0.4, -0.2) is 68.2 Å². The number of unbranched alkanes of at least 4 members (excludes halogenated alkanes) is 3. The van der Waals surface area contributed by atoms with E-state index in [0.717, 1.165) is 48.1 Å². The summed E-state index contributed by atoms with van der Waals surface area (Å²) in [6.07, 6.45) is 5.35. The molecule has 0 spiro atoms. The monoisotopic (exact) mass is 711 g/mol. The van der Waals surface area contributed by atoms with Crippen LogP contribution >= 0.6 is 0 Å². The standard InChI is InChI=1S/C40H48F3NO7/c1-3-48-37(45)17-11-23-51-36-16-10-13-29(35(36)18-19-38(46)49-4-2)12-7-5-6-8-22-50-34-26-31(30-14-9-15-33(41)25-30)24-32(27-34)39(47)44-21-20-40(42,43)28-44/h9-10,13-16,24-27H,3-8,11-12,17-23,28H2,1-2H3. The number of hydrogen-bond acceptors (Lipinski definition) is 7. The smallest absolute Gasteiger partial charge is 0.306 e. The van der Waals surface area contributed by atoms with Gasteiger partial charge >= 0.3 is 11.9 Å². The van der Waals surface area contributed by atoms with Crippen LogP contribution in [0, 0.1) is 5.82 Å². The van der Waals surface area contributed by atoms with Gasteiger partial charge in [0.05, 0.1) is 33.0 Å². The zero-order valence-corrected chi connectivity index (χ0v) is 29.5. The van der Waals surface area contributed by atoms with E-state index < -0.39 is 24.2 Å². The van der Waals surface area contributed by atoms with Crippen molar-refractivity contribution in [2.75, 3.05) is 39.5 Å². The third-order valence-electron chi connectivity index (χ3n) is 8.58. The molecular formula is C40H48F3NO7. The molecule has 11 heteroatoms. The van der Waals surface area contributed by atoms with Gasteiger partial charge in [-0.25, -0.2) is 13.2 Å². The van der Waals surface area contributed by atoms with Gasteiger partial charge in [0.1, 0.15) is 17.3 Å². The van der Waals surface area contributed by atoms with Gasteiger partial charge < -0.3 is 23.8 Å². The Morgan fingerprint density at radius 3 is 2.22 bits per heavy atom. The van der Waals surface area contributed by atoms with E-state index in [9.17, 15) is 27.6 Å². The maximum Gasteiger partial charge on any atom is 0.306 e. The highest BCUT2D eigenvalue weighted by atomic mass is 19.3. The van der Waals surface area contributed by atoms with Gasteiger partial charge in [0, 0.05) is 31.4 Å². The molecule has 1 aliphatic heterocycles. The second-order valence-corrected chi connectivity index (χ2v) is 12.6. The first-order valence-corrected chi connectivity index (χ1v) is 17.8. The Labute approximate surface area is 298 Å². The number of esters is 2. The van der Waals surface area contributed by atoms with Crippen molar-refractivity contribution < 1.29 is 46.5 Å². The third-order valence-corrected chi connectivity index (χ3v) is 8.58. The van der Waals surface area contributed by atoms with E-state index >= 15 is 0 Å². The maximum atomic E-state index is 14.0. The van der Waals surface area contributed by atoms with Crippen LogP contribution in [0.25, 0.3) is 11.1 Å². The Hall–Kier alpha value is -4.54. The highest BCUT2D eigenvalue weighted by molar-refractivity contribution is 5.96. The Kier molecular flexibility index (Phi) is 15.2. The molecule has 0 saturated carbocycles. The second kappa shape index (κ2) is 19.7. The number of hydrogen-bond donors (Lipinski definition) is 0. The van der Waals surface area contributed by atoms with Crippen LogP contribution in [0.1, 0.15) is 86.7 Å². The Balaban J connectivity index is 1.32. The lowest BCUT2D eigenvalue weighted by Crippen LogP contribution is -2.31. The lowest BCUT2D eigenvalue weighted by molar-refractivity contribution is -0.144. The van der Waals surface area contributed by atoms with Gasteiger partial charge in [0.2, 0.25) is 0 Å². The number of aryl methyl sites for hydroxylation is 1. The zero-order chi connectivity index (χ0) is 36.6. The molecule has 276 valence electrons. The Morgan fingerprint density at radius 2 is 1.49 bits per heavy atom. The zero-order valence-electron chi connectivity index (χ0n) is 29.5. The predicted molar refractivity (Wildman–Crippen MR) is 188 cm³/mol. The van der Waals surface area contributed by atoms with Crippen molar-refractivity contribution in [1.29, 1.82) is 0 Å². The predicted octanol–water partition coefficient (Wildman–Crippen LogP) is 8.37. The normalized spacial score (nSPS) is 13.5. The second-order valence-electron chi connectivity index (χ2n) is 12.6. The van der Waals surface area contributed by atoms with Crippen LogP contribution in [-0.2, 0) is 31.9 Å². The maximum absolute atomic E-state index is 14.0. The number of halogens is 3. The highest BCUT2D eigenvalue weighted by Gasteiger charge is 2.40. The highest BCUT2D eigenvalue weighted by Crippen LogP contribution is 2.32. The number of alkyl halides is 2. The van der Waals surface area contributed by atoms with Gasteiger partial charge in [-0.2, -0.15) is 0 Å². The minimum absolute atomic E-state index is 0.0342. The fourth-order valence-electron chi connectivity index (χ4n) is 6.05. The molecule has 1 aliphatic rings. The first-order valence-electron chi connectivity index (χ1n) is 17.8. The van der Waals surface area contributed by atoms with E-state index in [0.29, 0.717) is 61.9 Å². The van der Waals surface area contributed by atoms with Gasteiger partial charge in [-0.15, -0.1) is 0 Å². The fraction of sp³-hybridized carbons (Fsp3) is 0.475. The molecule has 1 amide bonds. The molecule has 1 heterocycles. The summed E-state index contributed by atoms with van der Waals surface area (Å²) < 4.78 is 64.0. The van der Waals surface area contributed by atoms with Crippen LogP contribution in [0.15, 0.2) is 60.7 Å². The summed E-state index contributed by atoms with van der Waals surface area (Å²) in [5.74, 6) is -3.27. The molecular weight excluding hydrogens is 663 g/mol. The molecule has 0 bridgehead atoms. The Bertz CT molecular complexity index is 1610. The summed E-state index contributed by atoms with van der Waals surface area (Å²) in [5, 5.41) is 0. The van der Waals surface area contributed by atoms with Crippen molar-refractivity contribution in [3.8, 4) is 22.6 Å². The van der Waals surface area contributed by atoms with Crippen molar-refractivity contribution in [2.45, 2.75) is 84.0 Å². The fourth-order valence-corrected chi connectivity index (χ4v) is 6.05. The Morgan fingerprint density at radius 1 is 0.765 bits per heavy atom. The molecule has 51 heavy (non-hydrogen) atoms. The van der Waals surface area contributed by atoms with Gasteiger partial charge in [0.25, 0.3) is 11.8 Å². The van der Waals surface area contributed by atoms with Crippen molar-refractivity contribution in [1.82, 2.24) is 4.90 Å². The SMILES string of the molecule is CCOC(=O)CCCOc1cccc(CCCCCCOc2cc(C(=O)N3CCC(F)(F)C3)cc(-c3cccc(F)c3)c2)c1CCC(=O)OCC. The van der Waals surface area contributed by atoms with Crippen LogP contribution in [0.2, 0.25) is 0 Å². The molecule has 1 fully saturated rings. The average molecular weight is 712 g/mol. The van der Waals surface area contributed by atoms with Crippen LogP contribution in [0.4, 0.5) is 13.2 Å².